The SMILES string of the molecule is Cc1cc(C)c(B2c3ccccc3N(c3c(C)c(N4c5ccccc5B(c5c(C)cc(C)cc5C)c5ccccc54)c(C)c(N4c5ccccc5B(c5c(C)cc(C)cc5C)c5ccccc54)c3C)c3ccccc32)c(C)c1. The van der Waals surface area contributed by atoms with E-state index in [0.717, 1.165) is 0 Å². The summed E-state index contributed by atoms with van der Waals surface area (Å²) in [6.45, 7) is 27.9. The minimum absolute atomic E-state index is 0.0530. The fourth-order valence-electron chi connectivity index (χ4n) is 15.3. The molecule has 3 aliphatic heterocycles. The third kappa shape index (κ3) is 7.43. The van der Waals surface area contributed by atoms with Crippen LogP contribution in [0.5, 0.6) is 0 Å². The van der Waals surface area contributed by atoms with Gasteiger partial charge in [-0.1, -0.05) is 212 Å². The maximum Gasteiger partial charge on any atom is 0.247 e. The van der Waals surface area contributed by atoms with E-state index >= 15 is 0 Å². The van der Waals surface area contributed by atoms with Gasteiger partial charge in [-0.25, -0.2) is 0 Å². The number of para-hydroxylation sites is 6. The number of aryl methyl sites for hydroxylation is 9. The predicted molar refractivity (Wildman–Crippen MR) is 341 cm³/mol. The molecule has 0 saturated heterocycles. The third-order valence-electron chi connectivity index (χ3n) is 17.8. The number of rotatable bonds is 6. The Morgan fingerprint density at radius 1 is 0.231 bits per heavy atom. The van der Waals surface area contributed by atoms with Gasteiger partial charge in [0, 0.05) is 34.1 Å². The molecule has 0 saturated carbocycles. The summed E-state index contributed by atoms with van der Waals surface area (Å²) >= 11 is 0. The van der Waals surface area contributed by atoms with Gasteiger partial charge in [-0.15, -0.1) is 0 Å². The average Bonchev–Trinajstić information content (AvgIpc) is 3.35. The first-order valence-corrected chi connectivity index (χ1v) is 28.0. The van der Waals surface area contributed by atoms with Crippen LogP contribution >= 0.6 is 0 Å². The number of hydrogen-bond donors (Lipinski definition) is 0. The van der Waals surface area contributed by atoms with E-state index in [1.807, 2.05) is 0 Å². The number of hydrogen-bond acceptors (Lipinski definition) is 3. The Morgan fingerprint density at radius 2 is 0.397 bits per heavy atom. The lowest BCUT2D eigenvalue weighted by molar-refractivity contribution is 1.14. The zero-order valence-corrected chi connectivity index (χ0v) is 47.4. The summed E-state index contributed by atoms with van der Waals surface area (Å²) < 4.78 is 0. The quantitative estimate of drug-likeness (QED) is 0.154. The van der Waals surface area contributed by atoms with E-state index in [1.165, 1.54) is 167 Å². The van der Waals surface area contributed by atoms with Gasteiger partial charge >= 0.3 is 0 Å². The summed E-state index contributed by atoms with van der Waals surface area (Å²) in [4.78, 5) is 7.93. The molecule has 78 heavy (non-hydrogen) atoms. The number of benzene rings is 10. The summed E-state index contributed by atoms with van der Waals surface area (Å²) in [5.41, 5.74) is 38.5. The van der Waals surface area contributed by atoms with Crippen molar-refractivity contribution in [3.05, 3.63) is 249 Å². The van der Waals surface area contributed by atoms with Crippen LogP contribution in [0.4, 0.5) is 51.2 Å². The molecule has 0 unspecified atom stereocenters. The Morgan fingerprint density at radius 3 is 0.577 bits per heavy atom. The van der Waals surface area contributed by atoms with E-state index in [9.17, 15) is 0 Å². The lowest BCUT2D eigenvalue weighted by Gasteiger charge is -2.45. The highest BCUT2D eigenvalue weighted by molar-refractivity contribution is 7.00. The van der Waals surface area contributed by atoms with Gasteiger partial charge in [0.25, 0.3) is 0 Å². The van der Waals surface area contributed by atoms with Gasteiger partial charge in [-0.2, -0.15) is 0 Å². The van der Waals surface area contributed by atoms with Crippen LogP contribution in [-0.2, 0) is 0 Å². The molecule has 10 aromatic carbocycles. The van der Waals surface area contributed by atoms with Crippen molar-refractivity contribution in [1.82, 2.24) is 0 Å². The van der Waals surface area contributed by atoms with Crippen molar-refractivity contribution < 1.29 is 0 Å². The molecule has 6 heteroatoms. The minimum Gasteiger partial charge on any atom is -0.311 e. The van der Waals surface area contributed by atoms with Crippen LogP contribution in [0.1, 0.15) is 66.8 Å². The van der Waals surface area contributed by atoms with E-state index in [1.54, 1.807) is 0 Å². The van der Waals surface area contributed by atoms with Crippen molar-refractivity contribution in [1.29, 1.82) is 0 Å². The summed E-state index contributed by atoms with van der Waals surface area (Å²) in [6.07, 6.45) is 0. The van der Waals surface area contributed by atoms with Gasteiger partial charge in [0.1, 0.15) is 0 Å². The van der Waals surface area contributed by atoms with Crippen LogP contribution in [0.25, 0.3) is 0 Å². The first-order valence-electron chi connectivity index (χ1n) is 28.0. The van der Waals surface area contributed by atoms with E-state index in [0.29, 0.717) is 0 Å². The molecule has 0 N–H and O–H groups in total. The first kappa shape index (κ1) is 49.4. The van der Waals surface area contributed by atoms with Crippen molar-refractivity contribution in [3.63, 3.8) is 0 Å². The lowest BCUT2D eigenvalue weighted by atomic mass is 9.33. The maximum atomic E-state index is 2.64. The topological polar surface area (TPSA) is 9.72 Å². The van der Waals surface area contributed by atoms with Crippen LogP contribution in [0.3, 0.4) is 0 Å². The van der Waals surface area contributed by atoms with Crippen molar-refractivity contribution in [2.75, 3.05) is 14.7 Å². The minimum atomic E-state index is 0.0530. The lowest BCUT2D eigenvalue weighted by Crippen LogP contribution is -2.59. The number of fused-ring (bicyclic) bond motifs is 6. The van der Waals surface area contributed by atoms with Gasteiger partial charge in [0.2, 0.25) is 20.1 Å². The summed E-state index contributed by atoms with van der Waals surface area (Å²) in [5, 5.41) is 0. The zero-order chi connectivity index (χ0) is 54.0. The molecule has 378 valence electrons. The standard InChI is InChI=1S/C72H66B3N3/c1-43-37-46(4)67(47(5)38-43)73-55-25-13-19-31-61(55)76(62-32-20-14-26-56(62)73)70-52(10)71(77-63-33-21-15-27-57(63)74(58-28-16-22-34-64(58)77)68-48(6)39-44(2)40-49(68)7)54(12)72(53(70)11)78-65-35-23-17-29-59(65)75(60-30-18-24-36-66(60)78)69-50(8)41-45(3)42-51(69)9/h13-42H,1-12H3. The third-order valence-corrected chi connectivity index (χ3v) is 17.8. The monoisotopic (exact) mass is 1010 g/mol. The Balaban J connectivity index is 1.14. The molecular formula is C72H66B3N3. The average molecular weight is 1010 g/mol. The second-order valence-electron chi connectivity index (χ2n) is 23.0. The molecule has 0 spiro atoms. The highest BCUT2D eigenvalue weighted by Gasteiger charge is 2.44. The van der Waals surface area contributed by atoms with E-state index < -0.39 is 0 Å². The molecule has 3 aliphatic rings. The van der Waals surface area contributed by atoms with Crippen molar-refractivity contribution in [2.45, 2.75) is 83.1 Å². The largest absolute Gasteiger partial charge is 0.311 e. The first-order chi connectivity index (χ1) is 37.7. The molecule has 0 fully saturated rings. The summed E-state index contributed by atoms with van der Waals surface area (Å²) in [5.74, 6) is 0. The normalized spacial score (nSPS) is 13.2. The molecular weight excluding hydrogens is 939 g/mol. The molecule has 3 nitrogen and oxygen atoms in total. The predicted octanol–water partition coefficient (Wildman–Crippen LogP) is 12.3. The van der Waals surface area contributed by atoms with Crippen LogP contribution in [-0.4, -0.2) is 20.1 Å². The van der Waals surface area contributed by atoms with Crippen LogP contribution in [0.15, 0.2) is 182 Å². The van der Waals surface area contributed by atoms with Crippen molar-refractivity contribution in [2.24, 2.45) is 0 Å². The van der Waals surface area contributed by atoms with Crippen molar-refractivity contribution in [3.8, 4) is 0 Å². The second-order valence-corrected chi connectivity index (χ2v) is 23.0. The van der Waals surface area contributed by atoms with Gasteiger partial charge in [0.15, 0.2) is 0 Å². The Bertz CT molecular complexity index is 3480. The Hall–Kier alpha value is -8.21. The molecule has 0 atom stereocenters. The zero-order valence-electron chi connectivity index (χ0n) is 47.4. The van der Waals surface area contributed by atoms with Crippen LogP contribution < -0.4 is 63.9 Å². The highest BCUT2D eigenvalue weighted by atomic mass is 15.2. The molecule has 13 rings (SSSR count). The highest BCUT2D eigenvalue weighted by Crippen LogP contribution is 2.54. The smallest absolute Gasteiger partial charge is 0.247 e. The molecule has 3 heterocycles. The molecule has 0 radical (unpaired) electrons. The summed E-state index contributed by atoms with van der Waals surface area (Å²) in [6, 6.07) is 69.7. The van der Waals surface area contributed by atoms with E-state index in [2.05, 4.69) is 280 Å². The summed E-state index contributed by atoms with van der Waals surface area (Å²) in [7, 11) is 0. The van der Waals surface area contributed by atoms with Crippen molar-refractivity contribution >= 4 is 120 Å². The maximum absolute atomic E-state index is 2.64. The van der Waals surface area contributed by atoms with E-state index in [4.69, 9.17) is 0 Å². The van der Waals surface area contributed by atoms with Crippen LogP contribution in [0, 0.1) is 83.1 Å². The fraction of sp³-hybridized carbons (Fsp3) is 0.167. The van der Waals surface area contributed by atoms with E-state index in [-0.39, 0.29) is 20.1 Å². The molecule has 0 bridgehead atoms. The van der Waals surface area contributed by atoms with Crippen LogP contribution in [0.2, 0.25) is 0 Å². The van der Waals surface area contributed by atoms with Gasteiger partial charge < -0.3 is 14.7 Å². The number of anilines is 9. The molecule has 0 aromatic heterocycles. The Labute approximate surface area is 464 Å². The van der Waals surface area contributed by atoms with Gasteiger partial charge in [0.05, 0.1) is 17.1 Å². The molecule has 10 aromatic rings. The van der Waals surface area contributed by atoms with Gasteiger partial charge in [-0.3, -0.25) is 0 Å². The van der Waals surface area contributed by atoms with Gasteiger partial charge in [-0.05, 0) is 169 Å². The fourth-order valence-corrected chi connectivity index (χ4v) is 15.3. The number of nitrogens with zero attached hydrogens (tertiary/aromatic N) is 3. The molecule has 0 aliphatic carbocycles. The molecule has 0 amide bonds. The second kappa shape index (κ2) is 18.8. The Kier molecular flexibility index (Phi) is 11.9.